The first-order valence-electron chi connectivity index (χ1n) is 12.3. The molecule has 0 aromatic heterocycles. The van der Waals surface area contributed by atoms with E-state index >= 15 is 0 Å². The lowest BCUT2D eigenvalue weighted by molar-refractivity contribution is -0.559. The lowest BCUT2D eigenvalue weighted by Gasteiger charge is -2.21. The molecular weight excluding hydrogens is 444 g/mol. The predicted octanol–water partition coefficient (Wildman–Crippen LogP) is 6.41. The fourth-order valence-electron chi connectivity index (χ4n) is 4.15. The molecule has 0 bridgehead atoms. The maximum Gasteiger partial charge on any atom is 0.218 e. The molecule has 5 rings (SSSR count). The molecule has 1 heterocycles. The summed E-state index contributed by atoms with van der Waals surface area (Å²) in [4.78, 5) is 2.32. The van der Waals surface area contributed by atoms with Gasteiger partial charge in [-0.2, -0.15) is 0 Å². The lowest BCUT2D eigenvalue weighted by Crippen LogP contribution is -2.31. The van der Waals surface area contributed by atoms with Gasteiger partial charge in [-0.1, -0.05) is 72.8 Å². The van der Waals surface area contributed by atoms with Crippen LogP contribution in [0.3, 0.4) is 0 Å². The second-order valence-electron chi connectivity index (χ2n) is 8.96. The Labute approximate surface area is 213 Å². The summed E-state index contributed by atoms with van der Waals surface area (Å²) in [6.45, 7) is 3.72. The monoisotopic (exact) mass is 475 g/mol. The van der Waals surface area contributed by atoms with Crippen molar-refractivity contribution >= 4 is 6.21 Å². The Morgan fingerprint density at radius 3 is 1.67 bits per heavy atom. The Balaban J connectivity index is 1.09. The normalized spacial score (nSPS) is 12.8. The summed E-state index contributed by atoms with van der Waals surface area (Å²) in [6, 6.07) is 37.3. The molecule has 0 aliphatic carbocycles. The number of ether oxygens (including phenoxy) is 2. The van der Waals surface area contributed by atoms with Crippen molar-refractivity contribution in [2.24, 2.45) is 0 Å². The van der Waals surface area contributed by atoms with Crippen molar-refractivity contribution in [1.82, 2.24) is 4.90 Å². The van der Waals surface area contributed by atoms with Crippen LogP contribution in [0.4, 0.5) is 0 Å². The van der Waals surface area contributed by atoms with Crippen LogP contribution in [0.5, 0.6) is 11.5 Å². The molecule has 0 saturated carbocycles. The van der Waals surface area contributed by atoms with E-state index in [0.717, 1.165) is 31.3 Å². The molecule has 0 unspecified atom stereocenters. The van der Waals surface area contributed by atoms with Gasteiger partial charge in [0.15, 0.2) is 12.8 Å². The molecule has 0 atom stereocenters. The molecule has 4 nitrogen and oxygen atoms in total. The van der Waals surface area contributed by atoms with Crippen LogP contribution in [0.15, 0.2) is 121 Å². The average Bonchev–Trinajstić information content (AvgIpc) is 2.94. The summed E-state index contributed by atoms with van der Waals surface area (Å²) in [5.74, 6) is 1.78. The van der Waals surface area contributed by atoms with Crippen LogP contribution in [-0.2, 0) is 26.3 Å². The average molecular weight is 476 g/mol. The minimum atomic E-state index is 0.583. The van der Waals surface area contributed by atoms with Gasteiger partial charge in [0.1, 0.15) is 24.7 Å². The maximum absolute atomic E-state index is 5.92. The van der Waals surface area contributed by atoms with Crippen LogP contribution in [-0.4, -0.2) is 22.4 Å². The van der Waals surface area contributed by atoms with Gasteiger partial charge in [-0.15, -0.1) is 0 Å². The van der Waals surface area contributed by atoms with E-state index in [2.05, 4.69) is 101 Å². The quantitative estimate of drug-likeness (QED) is 0.248. The van der Waals surface area contributed by atoms with Gasteiger partial charge in [0.2, 0.25) is 6.67 Å². The van der Waals surface area contributed by atoms with Gasteiger partial charge in [0.25, 0.3) is 0 Å². The number of nitrogens with zero attached hydrogens (tertiary/aromatic N) is 2. The van der Waals surface area contributed by atoms with Crippen LogP contribution in [0.1, 0.15) is 22.3 Å². The standard InChI is InChI=1S/C32H31N2O2/c1-3-8-29(9-4-1)24-35-31-16-12-27(13-17-31)22-33-20-7-21-34(26-33)23-28-14-18-32(19-15-28)36-25-30-10-5-2-6-11-30/h1-21H,22-26H2/q+1. The van der Waals surface area contributed by atoms with E-state index in [1.54, 1.807) is 0 Å². The van der Waals surface area contributed by atoms with Gasteiger partial charge in [0, 0.05) is 24.4 Å². The first-order chi connectivity index (χ1) is 17.8. The molecule has 1 aliphatic heterocycles. The minimum Gasteiger partial charge on any atom is -0.489 e. The maximum atomic E-state index is 5.92. The number of hydrogen-bond donors (Lipinski definition) is 0. The Kier molecular flexibility index (Phi) is 7.74. The Morgan fingerprint density at radius 2 is 1.11 bits per heavy atom. The van der Waals surface area contributed by atoms with Crippen molar-refractivity contribution in [2.45, 2.75) is 26.3 Å². The first-order valence-corrected chi connectivity index (χ1v) is 12.3. The molecule has 1 aliphatic rings. The Morgan fingerprint density at radius 1 is 0.583 bits per heavy atom. The fourth-order valence-corrected chi connectivity index (χ4v) is 4.15. The second kappa shape index (κ2) is 11.9. The molecule has 0 saturated heterocycles. The Hall–Kier alpha value is -4.31. The van der Waals surface area contributed by atoms with E-state index < -0.39 is 0 Å². The van der Waals surface area contributed by atoms with E-state index in [-0.39, 0.29) is 0 Å². The molecule has 4 heteroatoms. The van der Waals surface area contributed by atoms with E-state index in [1.807, 2.05) is 36.4 Å². The third-order valence-electron chi connectivity index (χ3n) is 6.07. The van der Waals surface area contributed by atoms with E-state index in [9.17, 15) is 0 Å². The van der Waals surface area contributed by atoms with Crippen molar-refractivity contribution in [1.29, 1.82) is 0 Å². The number of benzene rings is 4. The molecule has 4 aromatic carbocycles. The summed E-state index contributed by atoms with van der Waals surface area (Å²) in [5.41, 5.74) is 4.86. The van der Waals surface area contributed by atoms with E-state index in [1.165, 1.54) is 22.3 Å². The highest BCUT2D eigenvalue weighted by Crippen LogP contribution is 2.18. The molecule has 0 fully saturated rings. The van der Waals surface area contributed by atoms with Crippen LogP contribution < -0.4 is 9.47 Å². The summed E-state index contributed by atoms with van der Waals surface area (Å²) >= 11 is 0. The van der Waals surface area contributed by atoms with E-state index in [0.29, 0.717) is 13.2 Å². The summed E-state index contributed by atoms with van der Waals surface area (Å²) in [5, 5.41) is 0. The van der Waals surface area contributed by atoms with E-state index in [4.69, 9.17) is 9.47 Å². The molecule has 0 N–H and O–H groups in total. The minimum absolute atomic E-state index is 0.583. The van der Waals surface area contributed by atoms with Crippen molar-refractivity contribution < 1.29 is 14.0 Å². The highest BCUT2D eigenvalue weighted by atomic mass is 16.5. The number of hydrogen-bond acceptors (Lipinski definition) is 3. The Bertz CT molecular complexity index is 1280. The number of rotatable bonds is 10. The van der Waals surface area contributed by atoms with Crippen LogP contribution in [0.2, 0.25) is 0 Å². The largest absolute Gasteiger partial charge is 0.489 e. The van der Waals surface area contributed by atoms with Gasteiger partial charge in [0.05, 0.1) is 0 Å². The van der Waals surface area contributed by atoms with Crippen molar-refractivity contribution in [3.8, 4) is 11.5 Å². The molecular formula is C32H31N2O2+. The number of allylic oxidation sites excluding steroid dienone is 1. The lowest BCUT2D eigenvalue weighted by atomic mass is 10.2. The highest BCUT2D eigenvalue weighted by molar-refractivity contribution is 5.66. The van der Waals surface area contributed by atoms with Gasteiger partial charge < -0.3 is 14.4 Å². The predicted molar refractivity (Wildman–Crippen MR) is 144 cm³/mol. The highest BCUT2D eigenvalue weighted by Gasteiger charge is 2.14. The van der Waals surface area contributed by atoms with Crippen molar-refractivity contribution in [3.05, 3.63) is 144 Å². The molecule has 0 radical (unpaired) electrons. The summed E-state index contributed by atoms with van der Waals surface area (Å²) in [7, 11) is 0. The van der Waals surface area contributed by atoms with Crippen LogP contribution >= 0.6 is 0 Å². The third-order valence-corrected chi connectivity index (χ3v) is 6.07. The SMILES string of the molecule is C1=CN(Cc2ccc(OCc3ccccc3)cc2)C[N+](Cc2ccc(OCc3ccccc3)cc2)=C1. The first kappa shape index (κ1) is 23.4. The molecule has 36 heavy (non-hydrogen) atoms. The van der Waals surface area contributed by atoms with Gasteiger partial charge in [-0.25, -0.2) is 4.58 Å². The molecule has 0 amide bonds. The zero-order chi connectivity index (χ0) is 24.4. The van der Waals surface area contributed by atoms with Gasteiger partial charge >= 0.3 is 0 Å². The van der Waals surface area contributed by atoms with Gasteiger partial charge in [-0.05, 0) is 53.1 Å². The van der Waals surface area contributed by atoms with Crippen LogP contribution in [0.25, 0.3) is 0 Å². The smallest absolute Gasteiger partial charge is 0.218 e. The zero-order valence-corrected chi connectivity index (χ0v) is 20.4. The second-order valence-corrected chi connectivity index (χ2v) is 8.96. The van der Waals surface area contributed by atoms with Crippen molar-refractivity contribution in [3.63, 3.8) is 0 Å². The third kappa shape index (κ3) is 6.86. The summed E-state index contributed by atoms with van der Waals surface area (Å²) < 4.78 is 14.2. The van der Waals surface area contributed by atoms with Crippen LogP contribution in [0, 0.1) is 0 Å². The molecule has 4 aromatic rings. The van der Waals surface area contributed by atoms with Gasteiger partial charge in [-0.3, -0.25) is 0 Å². The zero-order valence-electron chi connectivity index (χ0n) is 20.4. The molecule has 0 spiro atoms. The molecule has 180 valence electrons. The summed E-state index contributed by atoms with van der Waals surface area (Å²) in [6.07, 6.45) is 6.41. The van der Waals surface area contributed by atoms with Crippen molar-refractivity contribution in [2.75, 3.05) is 6.67 Å². The fraction of sp³-hybridized carbons (Fsp3) is 0.156. The topological polar surface area (TPSA) is 24.7 Å².